The van der Waals surface area contributed by atoms with E-state index in [0.29, 0.717) is 18.7 Å². The van der Waals surface area contributed by atoms with E-state index in [1.54, 1.807) is 0 Å². The molecule has 0 aromatic rings. The molecule has 1 unspecified atom stereocenters. The first-order valence-electron chi connectivity index (χ1n) is 5.92. The fourth-order valence-corrected chi connectivity index (χ4v) is 1.67. The number of nitrogens with one attached hydrogen (secondary N) is 1. The first-order chi connectivity index (χ1) is 7.49. The molecule has 0 rings (SSSR count). The van der Waals surface area contributed by atoms with E-state index in [2.05, 4.69) is 5.32 Å². The van der Waals surface area contributed by atoms with Crippen LogP contribution in [0.3, 0.4) is 0 Å². The molecule has 0 aromatic heterocycles. The van der Waals surface area contributed by atoms with Crippen molar-refractivity contribution in [3.63, 3.8) is 0 Å². The number of hydrogen-bond acceptors (Lipinski definition) is 3. The van der Waals surface area contributed by atoms with Gasteiger partial charge in [-0.3, -0.25) is 14.5 Å². The number of carbonyl (C=O) groups excluding carboxylic acids is 2. The minimum absolute atomic E-state index is 0.00814. The van der Waals surface area contributed by atoms with Crippen molar-refractivity contribution in [2.75, 3.05) is 20.6 Å². The zero-order valence-electron chi connectivity index (χ0n) is 10.9. The van der Waals surface area contributed by atoms with Crippen molar-refractivity contribution in [1.82, 2.24) is 10.2 Å². The minimum atomic E-state index is 0.00814. The lowest BCUT2D eigenvalue weighted by Crippen LogP contribution is -2.35. The lowest BCUT2D eigenvalue weighted by atomic mass is 10.0. The van der Waals surface area contributed by atoms with Crippen molar-refractivity contribution in [2.24, 2.45) is 0 Å². The number of unbranched alkanes of at least 4 members (excludes halogenated alkanes) is 1. The summed E-state index contributed by atoms with van der Waals surface area (Å²) in [6.07, 6.45) is 3.36. The summed E-state index contributed by atoms with van der Waals surface area (Å²) >= 11 is 0. The third kappa shape index (κ3) is 6.56. The van der Waals surface area contributed by atoms with Gasteiger partial charge in [0.05, 0.1) is 6.04 Å². The number of likely N-dealkylation sites (N-methyl/N-ethyl adjacent to an activating group) is 1. The topological polar surface area (TPSA) is 49.4 Å². The van der Waals surface area contributed by atoms with Crippen molar-refractivity contribution < 1.29 is 9.59 Å². The molecule has 0 aromatic carbocycles. The largest absolute Gasteiger partial charge is 0.356 e. The molecule has 1 atom stereocenters. The van der Waals surface area contributed by atoms with Crippen molar-refractivity contribution in [3.05, 3.63) is 0 Å². The molecule has 0 bridgehead atoms. The molecule has 0 radical (unpaired) electrons. The molecule has 0 aliphatic heterocycles. The average Bonchev–Trinajstić information content (AvgIpc) is 2.21. The second-order valence-corrected chi connectivity index (χ2v) is 4.28. The van der Waals surface area contributed by atoms with Crippen LogP contribution in [0.1, 0.15) is 39.5 Å². The molecule has 0 saturated heterocycles. The van der Waals surface area contributed by atoms with Crippen molar-refractivity contribution in [1.29, 1.82) is 0 Å². The first-order valence-corrected chi connectivity index (χ1v) is 5.92. The molecule has 4 nitrogen and oxygen atoms in total. The normalized spacial score (nSPS) is 12.6. The zero-order valence-corrected chi connectivity index (χ0v) is 10.9. The van der Waals surface area contributed by atoms with Gasteiger partial charge in [0, 0.05) is 19.9 Å². The summed E-state index contributed by atoms with van der Waals surface area (Å²) in [6.45, 7) is 4.12. The molecular weight excluding hydrogens is 204 g/mol. The Morgan fingerprint density at radius 3 is 2.31 bits per heavy atom. The molecule has 16 heavy (non-hydrogen) atoms. The Hall–Kier alpha value is -0.900. The molecule has 0 fully saturated rings. The maximum Gasteiger partial charge on any atom is 0.216 e. The number of rotatable bonds is 8. The lowest BCUT2D eigenvalue weighted by Gasteiger charge is -2.22. The van der Waals surface area contributed by atoms with E-state index in [-0.39, 0.29) is 11.9 Å². The van der Waals surface area contributed by atoms with Crippen molar-refractivity contribution in [3.8, 4) is 0 Å². The van der Waals surface area contributed by atoms with Gasteiger partial charge in [0.1, 0.15) is 5.78 Å². The Bertz CT molecular complexity index is 227. The van der Waals surface area contributed by atoms with Crippen LogP contribution in [-0.2, 0) is 9.59 Å². The van der Waals surface area contributed by atoms with Crippen LogP contribution in [0.25, 0.3) is 0 Å². The molecule has 0 spiro atoms. The summed E-state index contributed by atoms with van der Waals surface area (Å²) in [5.74, 6) is 0.304. The van der Waals surface area contributed by atoms with Gasteiger partial charge in [-0.2, -0.15) is 0 Å². The molecule has 94 valence electrons. The maximum atomic E-state index is 11.6. The van der Waals surface area contributed by atoms with E-state index < -0.39 is 0 Å². The number of amides is 1. The summed E-state index contributed by atoms with van der Waals surface area (Å²) in [5, 5.41) is 2.75. The smallest absolute Gasteiger partial charge is 0.216 e. The fourth-order valence-electron chi connectivity index (χ4n) is 1.67. The van der Waals surface area contributed by atoms with Gasteiger partial charge in [0.2, 0.25) is 5.91 Å². The van der Waals surface area contributed by atoms with Crippen LogP contribution in [0.15, 0.2) is 0 Å². The Morgan fingerprint density at radius 2 is 1.88 bits per heavy atom. The third-order valence-corrected chi connectivity index (χ3v) is 2.62. The number of hydrogen-bond donors (Lipinski definition) is 1. The highest BCUT2D eigenvalue weighted by atomic mass is 16.1. The maximum absolute atomic E-state index is 11.6. The van der Waals surface area contributed by atoms with Crippen LogP contribution in [0, 0.1) is 0 Å². The second kappa shape index (κ2) is 8.28. The number of nitrogens with zero attached hydrogens (tertiary/aromatic N) is 1. The van der Waals surface area contributed by atoms with Crippen LogP contribution in [-0.4, -0.2) is 43.3 Å². The number of Topliss-reactive ketones (excluding diaryl/α,β-unsaturated/α-hetero) is 1. The molecule has 0 aliphatic carbocycles. The third-order valence-electron chi connectivity index (χ3n) is 2.62. The quantitative estimate of drug-likeness (QED) is 0.635. The van der Waals surface area contributed by atoms with E-state index in [4.69, 9.17) is 0 Å². The van der Waals surface area contributed by atoms with Crippen molar-refractivity contribution >= 4 is 11.7 Å². The predicted octanol–water partition coefficient (Wildman–Crippen LogP) is 1.20. The van der Waals surface area contributed by atoms with Gasteiger partial charge >= 0.3 is 0 Å². The Balaban J connectivity index is 3.77. The zero-order chi connectivity index (χ0) is 12.6. The highest BCUT2D eigenvalue weighted by molar-refractivity contribution is 5.83. The molecule has 1 N–H and O–H groups in total. The predicted molar refractivity (Wildman–Crippen MR) is 65.3 cm³/mol. The summed E-state index contributed by atoms with van der Waals surface area (Å²) in [4.78, 5) is 24.2. The number of ketones is 1. The molecule has 1 amide bonds. The average molecular weight is 228 g/mol. The van der Waals surface area contributed by atoms with Gasteiger partial charge in [-0.25, -0.2) is 0 Å². The minimum Gasteiger partial charge on any atom is -0.356 e. The van der Waals surface area contributed by atoms with Gasteiger partial charge in [-0.1, -0.05) is 6.92 Å². The second-order valence-electron chi connectivity index (χ2n) is 4.28. The van der Waals surface area contributed by atoms with Crippen LogP contribution in [0.2, 0.25) is 0 Å². The van der Waals surface area contributed by atoms with E-state index in [1.807, 2.05) is 25.9 Å². The summed E-state index contributed by atoms with van der Waals surface area (Å²) in [7, 11) is 3.87. The van der Waals surface area contributed by atoms with Crippen molar-refractivity contribution in [2.45, 2.75) is 45.6 Å². The Morgan fingerprint density at radius 1 is 1.25 bits per heavy atom. The Labute approximate surface area is 98.4 Å². The summed E-state index contributed by atoms with van der Waals surface area (Å²) in [5.41, 5.74) is 0. The highest BCUT2D eigenvalue weighted by Crippen LogP contribution is 2.08. The molecule has 0 saturated carbocycles. The monoisotopic (exact) mass is 228 g/mol. The summed E-state index contributed by atoms with van der Waals surface area (Å²) < 4.78 is 0. The fraction of sp³-hybridized carbons (Fsp3) is 0.833. The van der Waals surface area contributed by atoms with Crippen LogP contribution in [0.5, 0.6) is 0 Å². The standard InChI is InChI=1S/C12H24N2O2/c1-5-12(16)11(14(3)4)8-6-7-9-13-10(2)15/h11H,5-9H2,1-4H3,(H,13,15). The molecule has 0 heterocycles. The summed E-state index contributed by atoms with van der Waals surface area (Å²) in [6, 6.07) is 0.0299. The van der Waals surface area contributed by atoms with Gasteiger partial charge in [0.15, 0.2) is 0 Å². The van der Waals surface area contributed by atoms with E-state index in [1.165, 1.54) is 6.92 Å². The van der Waals surface area contributed by atoms with Gasteiger partial charge < -0.3 is 5.32 Å². The molecule has 4 heteroatoms. The molecule has 0 aliphatic rings. The Kier molecular flexibility index (Phi) is 7.81. The van der Waals surface area contributed by atoms with Crippen LogP contribution >= 0.6 is 0 Å². The SMILES string of the molecule is CCC(=O)C(CCCCNC(C)=O)N(C)C. The van der Waals surface area contributed by atoms with E-state index in [0.717, 1.165) is 19.3 Å². The number of carbonyl (C=O) groups is 2. The van der Waals surface area contributed by atoms with Crippen LogP contribution in [0.4, 0.5) is 0 Å². The van der Waals surface area contributed by atoms with E-state index in [9.17, 15) is 9.59 Å². The lowest BCUT2D eigenvalue weighted by molar-refractivity contribution is -0.123. The van der Waals surface area contributed by atoms with Gasteiger partial charge in [0.25, 0.3) is 0 Å². The first kappa shape index (κ1) is 15.1. The van der Waals surface area contributed by atoms with Gasteiger partial charge in [-0.15, -0.1) is 0 Å². The van der Waals surface area contributed by atoms with E-state index >= 15 is 0 Å². The molecular formula is C12H24N2O2. The highest BCUT2D eigenvalue weighted by Gasteiger charge is 2.17. The van der Waals surface area contributed by atoms with Crippen LogP contribution < -0.4 is 5.32 Å². The van der Waals surface area contributed by atoms with Gasteiger partial charge in [-0.05, 0) is 33.4 Å².